The van der Waals surface area contributed by atoms with Crippen molar-refractivity contribution in [3.63, 3.8) is 0 Å². The van der Waals surface area contributed by atoms with E-state index in [0.717, 1.165) is 10.1 Å². The second-order valence-electron chi connectivity index (χ2n) is 3.28. The van der Waals surface area contributed by atoms with Gasteiger partial charge in [-0.2, -0.15) is 5.26 Å². The lowest BCUT2D eigenvalue weighted by atomic mass is 10.2. The van der Waals surface area contributed by atoms with E-state index >= 15 is 0 Å². The van der Waals surface area contributed by atoms with Crippen molar-refractivity contribution >= 4 is 27.4 Å². The van der Waals surface area contributed by atoms with Gasteiger partial charge in [-0.15, -0.1) is 11.3 Å². The monoisotopic (exact) mass is 247 g/mol. The maximum absolute atomic E-state index is 11.6. The van der Waals surface area contributed by atoms with E-state index < -0.39 is 5.97 Å². The van der Waals surface area contributed by atoms with E-state index in [9.17, 15) is 4.79 Å². The molecule has 0 fully saturated rings. The zero-order chi connectivity index (χ0) is 12.4. The lowest BCUT2D eigenvalue weighted by molar-refractivity contribution is 0.0603. The third-order valence-corrected chi connectivity index (χ3v) is 3.46. The van der Waals surface area contributed by atoms with Crippen LogP contribution in [0.15, 0.2) is 18.2 Å². The van der Waals surface area contributed by atoms with Crippen LogP contribution in [-0.2, 0) is 4.74 Å². The van der Waals surface area contributed by atoms with Gasteiger partial charge in [-0.05, 0) is 18.2 Å². The molecule has 0 aliphatic rings. The first-order valence-corrected chi connectivity index (χ1v) is 5.62. The van der Waals surface area contributed by atoms with Gasteiger partial charge in [-0.3, -0.25) is 0 Å². The molecule has 2 rings (SSSR count). The first-order valence-electron chi connectivity index (χ1n) is 4.80. The molecule has 0 bridgehead atoms. The Kier molecular flexibility index (Phi) is 2.98. The maximum atomic E-state index is 11.6. The fourth-order valence-corrected chi connectivity index (χ4v) is 2.70. The van der Waals surface area contributed by atoms with Crippen LogP contribution in [0.4, 0.5) is 0 Å². The topological polar surface area (TPSA) is 59.3 Å². The number of thiophene rings is 1. The van der Waals surface area contributed by atoms with E-state index in [1.807, 2.05) is 0 Å². The van der Waals surface area contributed by atoms with Gasteiger partial charge >= 0.3 is 5.97 Å². The number of hydrogen-bond acceptors (Lipinski definition) is 5. The van der Waals surface area contributed by atoms with Gasteiger partial charge in [-0.25, -0.2) is 4.79 Å². The highest BCUT2D eigenvalue weighted by Gasteiger charge is 2.19. The summed E-state index contributed by atoms with van der Waals surface area (Å²) in [6.07, 6.45) is 0. The van der Waals surface area contributed by atoms with Crippen molar-refractivity contribution < 1.29 is 14.3 Å². The summed E-state index contributed by atoms with van der Waals surface area (Å²) in [5, 5.41) is 9.63. The van der Waals surface area contributed by atoms with Gasteiger partial charge in [0, 0.05) is 10.1 Å². The quantitative estimate of drug-likeness (QED) is 0.765. The minimum Gasteiger partial charge on any atom is -0.494 e. The number of nitriles is 1. The molecule has 1 aromatic carbocycles. The molecule has 0 aliphatic heterocycles. The summed E-state index contributed by atoms with van der Waals surface area (Å²) >= 11 is 1.26. The number of esters is 1. The molecular weight excluding hydrogens is 238 g/mol. The van der Waals surface area contributed by atoms with Crippen molar-refractivity contribution in [2.75, 3.05) is 14.2 Å². The van der Waals surface area contributed by atoms with Gasteiger partial charge in [-0.1, -0.05) is 0 Å². The van der Waals surface area contributed by atoms with Gasteiger partial charge in [0.2, 0.25) is 0 Å². The Morgan fingerprint density at radius 2 is 2.18 bits per heavy atom. The molecule has 0 N–H and O–H groups in total. The smallest absolute Gasteiger partial charge is 0.351 e. The third kappa shape index (κ3) is 1.83. The molecule has 17 heavy (non-hydrogen) atoms. The summed E-state index contributed by atoms with van der Waals surface area (Å²) in [6, 6.07) is 7.26. The number of benzene rings is 1. The molecule has 4 nitrogen and oxygen atoms in total. The number of ether oxygens (including phenoxy) is 2. The average molecular weight is 247 g/mol. The van der Waals surface area contributed by atoms with E-state index in [-0.39, 0.29) is 0 Å². The summed E-state index contributed by atoms with van der Waals surface area (Å²) < 4.78 is 10.7. The molecule has 0 aliphatic carbocycles. The first kappa shape index (κ1) is 11.4. The normalized spacial score (nSPS) is 9.94. The van der Waals surface area contributed by atoms with E-state index in [2.05, 4.69) is 6.07 Å². The molecule has 0 saturated carbocycles. The Morgan fingerprint density at radius 3 is 2.76 bits per heavy atom. The molecule has 1 heterocycles. The maximum Gasteiger partial charge on any atom is 0.351 e. The molecule has 2 aromatic rings. The summed E-state index contributed by atoms with van der Waals surface area (Å²) in [5.74, 6) is 0.0721. The van der Waals surface area contributed by atoms with Crippen molar-refractivity contribution in [1.29, 1.82) is 5.26 Å². The van der Waals surface area contributed by atoms with E-state index in [1.165, 1.54) is 25.6 Å². The number of fused-ring (bicyclic) bond motifs is 1. The molecule has 0 spiro atoms. The Balaban J connectivity index is 2.71. The molecular formula is C12H9NO3S. The average Bonchev–Trinajstić information content (AvgIpc) is 2.74. The van der Waals surface area contributed by atoms with Gasteiger partial charge in [0.05, 0.1) is 25.9 Å². The van der Waals surface area contributed by atoms with Crippen LogP contribution in [0, 0.1) is 11.3 Å². The molecule has 0 saturated heterocycles. The summed E-state index contributed by atoms with van der Waals surface area (Å²) in [6.45, 7) is 0. The van der Waals surface area contributed by atoms with Crippen LogP contribution >= 0.6 is 11.3 Å². The lowest BCUT2D eigenvalue weighted by Crippen LogP contribution is -2.00. The zero-order valence-corrected chi connectivity index (χ0v) is 10.1. The minimum absolute atomic E-state index is 0.417. The van der Waals surface area contributed by atoms with Crippen molar-refractivity contribution in [2.24, 2.45) is 0 Å². The molecule has 0 atom stereocenters. The van der Waals surface area contributed by atoms with Crippen LogP contribution in [0.3, 0.4) is 0 Å². The van der Waals surface area contributed by atoms with Crippen molar-refractivity contribution in [3.8, 4) is 11.8 Å². The minimum atomic E-state index is -0.429. The first-order chi connectivity index (χ1) is 8.21. The zero-order valence-electron chi connectivity index (χ0n) is 9.31. The van der Waals surface area contributed by atoms with Crippen LogP contribution in [-0.4, -0.2) is 20.2 Å². The van der Waals surface area contributed by atoms with Crippen molar-refractivity contribution in [2.45, 2.75) is 0 Å². The predicted octanol–water partition coefficient (Wildman–Crippen LogP) is 2.57. The van der Waals surface area contributed by atoms with E-state index in [0.29, 0.717) is 16.2 Å². The molecule has 0 unspecified atom stereocenters. The summed E-state index contributed by atoms with van der Waals surface area (Å²) in [4.78, 5) is 12.0. The molecule has 1 aromatic heterocycles. The number of carbonyl (C=O) groups is 1. The highest BCUT2D eigenvalue weighted by atomic mass is 32.1. The largest absolute Gasteiger partial charge is 0.494 e. The highest BCUT2D eigenvalue weighted by molar-refractivity contribution is 7.21. The number of nitrogens with zero attached hydrogens (tertiary/aromatic N) is 1. The van der Waals surface area contributed by atoms with Crippen LogP contribution < -0.4 is 4.74 Å². The summed E-state index contributed by atoms with van der Waals surface area (Å²) in [5.41, 5.74) is 0.554. The SMILES string of the molecule is COC(=O)c1sc2cc(C#N)ccc2c1OC. The van der Waals surface area contributed by atoms with Crippen LogP contribution in [0.5, 0.6) is 5.75 Å². The number of hydrogen-bond donors (Lipinski definition) is 0. The Hall–Kier alpha value is -2.06. The number of rotatable bonds is 2. The summed E-state index contributed by atoms with van der Waals surface area (Å²) in [7, 11) is 2.83. The second-order valence-corrected chi connectivity index (χ2v) is 4.33. The fourth-order valence-electron chi connectivity index (χ4n) is 1.57. The van der Waals surface area contributed by atoms with Gasteiger partial charge in [0.25, 0.3) is 0 Å². The van der Waals surface area contributed by atoms with Crippen LogP contribution in [0.1, 0.15) is 15.2 Å². The standard InChI is InChI=1S/C12H9NO3S/c1-15-10-8-4-3-7(6-13)5-9(8)17-11(10)12(14)16-2/h3-5H,1-2H3. The van der Waals surface area contributed by atoms with E-state index in [1.54, 1.807) is 18.2 Å². The second kappa shape index (κ2) is 4.44. The Morgan fingerprint density at radius 1 is 1.41 bits per heavy atom. The Labute approximate surface area is 102 Å². The molecule has 0 radical (unpaired) electrons. The molecule has 0 amide bonds. The van der Waals surface area contributed by atoms with Crippen LogP contribution in [0.25, 0.3) is 10.1 Å². The van der Waals surface area contributed by atoms with Gasteiger partial charge < -0.3 is 9.47 Å². The predicted molar refractivity (Wildman–Crippen MR) is 64.4 cm³/mol. The van der Waals surface area contributed by atoms with Crippen molar-refractivity contribution in [3.05, 3.63) is 28.6 Å². The highest BCUT2D eigenvalue weighted by Crippen LogP contribution is 2.38. The molecule has 5 heteroatoms. The van der Waals surface area contributed by atoms with E-state index in [4.69, 9.17) is 14.7 Å². The van der Waals surface area contributed by atoms with Gasteiger partial charge in [0.1, 0.15) is 0 Å². The van der Waals surface area contributed by atoms with Gasteiger partial charge in [0.15, 0.2) is 10.6 Å². The number of carbonyl (C=O) groups excluding carboxylic acids is 1. The Bertz CT molecular complexity index is 624. The van der Waals surface area contributed by atoms with Crippen molar-refractivity contribution in [1.82, 2.24) is 0 Å². The lowest BCUT2D eigenvalue weighted by Gasteiger charge is -2.00. The third-order valence-electron chi connectivity index (χ3n) is 2.35. The van der Waals surface area contributed by atoms with Crippen LogP contribution in [0.2, 0.25) is 0 Å². The number of methoxy groups -OCH3 is 2. The molecule has 86 valence electrons. The fraction of sp³-hybridized carbons (Fsp3) is 0.167.